The Morgan fingerprint density at radius 2 is 2.00 bits per heavy atom. The van der Waals surface area contributed by atoms with Crippen molar-refractivity contribution in [1.29, 1.82) is 0 Å². The van der Waals surface area contributed by atoms with Gasteiger partial charge in [-0.05, 0) is 37.3 Å². The molecule has 8 heteroatoms. The number of carbonyl (C=O) groups excluding carboxylic acids is 1. The first-order valence-electron chi connectivity index (χ1n) is 7.99. The van der Waals surface area contributed by atoms with Crippen LogP contribution in [0.2, 0.25) is 10.0 Å². The zero-order valence-corrected chi connectivity index (χ0v) is 15.5. The Morgan fingerprint density at radius 3 is 2.58 bits per heavy atom. The Morgan fingerprint density at radius 1 is 1.27 bits per heavy atom. The standard InChI is InChI=1S/C18H17Cl2N3O3/c1-11(22-16(24)13-6-5-12(19)8-14(13)20)18(9-23(10-18)17(25)26)15-4-2-3-7-21-15/h2-8,11H,9-10H2,1H3,(H,22,24)(H,25,26)/t11-/m0/s1. The molecule has 0 spiro atoms. The van der Waals surface area contributed by atoms with Crippen molar-refractivity contribution in [3.8, 4) is 0 Å². The summed E-state index contributed by atoms with van der Waals surface area (Å²) in [6.45, 7) is 2.36. The summed E-state index contributed by atoms with van der Waals surface area (Å²) in [5.41, 5.74) is 0.467. The third-order valence-corrected chi connectivity index (χ3v) is 5.29. The van der Waals surface area contributed by atoms with E-state index in [1.807, 2.05) is 19.1 Å². The molecule has 1 aromatic heterocycles. The Balaban J connectivity index is 1.84. The summed E-state index contributed by atoms with van der Waals surface area (Å²) < 4.78 is 0. The number of aromatic nitrogens is 1. The highest BCUT2D eigenvalue weighted by atomic mass is 35.5. The van der Waals surface area contributed by atoms with Gasteiger partial charge in [0.2, 0.25) is 0 Å². The summed E-state index contributed by atoms with van der Waals surface area (Å²) in [5, 5.41) is 12.8. The molecule has 1 aromatic carbocycles. The van der Waals surface area contributed by atoms with Gasteiger partial charge >= 0.3 is 6.09 Å². The fourth-order valence-electron chi connectivity index (χ4n) is 3.17. The summed E-state index contributed by atoms with van der Waals surface area (Å²) >= 11 is 12.0. The molecule has 2 amide bonds. The van der Waals surface area contributed by atoms with Crippen LogP contribution in [0.5, 0.6) is 0 Å². The lowest BCUT2D eigenvalue weighted by Gasteiger charge is -2.51. The molecule has 0 radical (unpaired) electrons. The van der Waals surface area contributed by atoms with Crippen LogP contribution in [0.1, 0.15) is 23.0 Å². The number of nitrogens with zero attached hydrogens (tertiary/aromatic N) is 2. The Labute approximate surface area is 160 Å². The summed E-state index contributed by atoms with van der Waals surface area (Å²) in [7, 11) is 0. The average Bonchev–Trinajstić information content (AvgIpc) is 2.54. The predicted molar refractivity (Wildman–Crippen MR) is 98.9 cm³/mol. The van der Waals surface area contributed by atoms with Gasteiger partial charge in [-0.3, -0.25) is 9.78 Å². The Kier molecular flexibility index (Phi) is 5.07. The SMILES string of the molecule is C[C@H](NC(=O)c1ccc(Cl)cc1Cl)C1(c2ccccn2)CN(C(=O)O)C1. The smallest absolute Gasteiger partial charge is 0.407 e. The first-order chi connectivity index (χ1) is 12.3. The summed E-state index contributed by atoms with van der Waals surface area (Å²) in [6.07, 6.45) is 0.668. The van der Waals surface area contributed by atoms with Crippen LogP contribution in [-0.2, 0) is 5.41 Å². The number of benzene rings is 1. The van der Waals surface area contributed by atoms with Crippen LogP contribution in [0.3, 0.4) is 0 Å². The lowest BCUT2D eigenvalue weighted by atomic mass is 9.71. The van der Waals surface area contributed by atoms with Crippen LogP contribution in [0.15, 0.2) is 42.6 Å². The van der Waals surface area contributed by atoms with E-state index in [1.54, 1.807) is 24.4 Å². The number of rotatable bonds is 4. The van der Waals surface area contributed by atoms with E-state index in [0.29, 0.717) is 10.6 Å². The molecule has 1 fully saturated rings. The number of amides is 2. The molecule has 0 unspecified atom stereocenters. The van der Waals surface area contributed by atoms with Gasteiger partial charge < -0.3 is 15.3 Å². The van der Waals surface area contributed by atoms with Crippen LogP contribution in [0.4, 0.5) is 4.79 Å². The van der Waals surface area contributed by atoms with Crippen LogP contribution < -0.4 is 5.32 Å². The lowest BCUT2D eigenvalue weighted by molar-refractivity contribution is 0.0380. The number of hydrogen-bond donors (Lipinski definition) is 2. The third-order valence-electron chi connectivity index (χ3n) is 4.74. The zero-order chi connectivity index (χ0) is 18.9. The molecule has 1 atom stereocenters. The maximum absolute atomic E-state index is 12.6. The predicted octanol–water partition coefficient (Wildman–Crippen LogP) is 3.44. The second-order valence-electron chi connectivity index (χ2n) is 6.33. The van der Waals surface area contributed by atoms with Crippen molar-refractivity contribution < 1.29 is 14.7 Å². The van der Waals surface area contributed by atoms with E-state index in [1.165, 1.54) is 11.0 Å². The van der Waals surface area contributed by atoms with Gasteiger partial charge in [-0.15, -0.1) is 0 Å². The molecule has 136 valence electrons. The molecule has 6 nitrogen and oxygen atoms in total. The number of likely N-dealkylation sites (tertiary alicyclic amines) is 1. The van der Waals surface area contributed by atoms with E-state index < -0.39 is 11.5 Å². The molecule has 26 heavy (non-hydrogen) atoms. The number of carbonyl (C=O) groups is 2. The van der Waals surface area contributed by atoms with Gasteiger partial charge in [0.05, 0.1) is 21.7 Å². The van der Waals surface area contributed by atoms with Crippen LogP contribution in [0, 0.1) is 0 Å². The number of nitrogens with one attached hydrogen (secondary N) is 1. The molecular weight excluding hydrogens is 377 g/mol. The van der Waals surface area contributed by atoms with Crippen LogP contribution in [-0.4, -0.2) is 46.1 Å². The molecule has 0 saturated carbocycles. The van der Waals surface area contributed by atoms with Crippen molar-refractivity contribution in [2.75, 3.05) is 13.1 Å². The first-order valence-corrected chi connectivity index (χ1v) is 8.74. The molecule has 2 heterocycles. The van der Waals surface area contributed by atoms with Crippen molar-refractivity contribution in [2.24, 2.45) is 0 Å². The van der Waals surface area contributed by atoms with Crippen molar-refractivity contribution in [3.63, 3.8) is 0 Å². The molecule has 1 saturated heterocycles. The van der Waals surface area contributed by atoms with E-state index in [2.05, 4.69) is 10.3 Å². The molecule has 1 aliphatic rings. The maximum Gasteiger partial charge on any atom is 0.407 e. The quantitative estimate of drug-likeness (QED) is 0.833. The molecule has 2 aromatic rings. The fraction of sp³-hybridized carbons (Fsp3) is 0.278. The second kappa shape index (κ2) is 7.13. The lowest BCUT2D eigenvalue weighted by Crippen LogP contribution is -2.69. The third kappa shape index (κ3) is 3.34. The summed E-state index contributed by atoms with van der Waals surface area (Å²) in [4.78, 5) is 29.5. The van der Waals surface area contributed by atoms with E-state index in [9.17, 15) is 14.7 Å². The minimum Gasteiger partial charge on any atom is -0.465 e. The average molecular weight is 394 g/mol. The zero-order valence-electron chi connectivity index (χ0n) is 13.9. The van der Waals surface area contributed by atoms with Gasteiger partial charge in [-0.2, -0.15) is 0 Å². The maximum atomic E-state index is 12.6. The highest BCUT2D eigenvalue weighted by Crippen LogP contribution is 2.37. The molecule has 2 N–H and O–H groups in total. The fourth-order valence-corrected chi connectivity index (χ4v) is 3.67. The van der Waals surface area contributed by atoms with Crippen molar-refractivity contribution in [1.82, 2.24) is 15.2 Å². The van der Waals surface area contributed by atoms with Gasteiger partial charge in [0.15, 0.2) is 0 Å². The van der Waals surface area contributed by atoms with E-state index >= 15 is 0 Å². The normalized spacial score (nSPS) is 16.5. The number of carboxylic acid groups (broad SMARTS) is 1. The highest BCUT2D eigenvalue weighted by molar-refractivity contribution is 6.36. The van der Waals surface area contributed by atoms with Crippen molar-refractivity contribution in [2.45, 2.75) is 18.4 Å². The minimum absolute atomic E-state index is 0.259. The van der Waals surface area contributed by atoms with Gasteiger partial charge in [-0.25, -0.2) is 4.79 Å². The van der Waals surface area contributed by atoms with E-state index in [0.717, 1.165) is 5.69 Å². The largest absolute Gasteiger partial charge is 0.465 e. The Bertz CT molecular complexity index is 839. The van der Waals surface area contributed by atoms with Crippen molar-refractivity contribution >= 4 is 35.2 Å². The molecule has 1 aliphatic heterocycles. The van der Waals surface area contributed by atoms with E-state index in [-0.39, 0.29) is 30.1 Å². The van der Waals surface area contributed by atoms with Gasteiger partial charge in [0.1, 0.15) is 0 Å². The van der Waals surface area contributed by atoms with Gasteiger partial charge in [0.25, 0.3) is 5.91 Å². The number of hydrogen-bond acceptors (Lipinski definition) is 3. The minimum atomic E-state index is -0.990. The van der Waals surface area contributed by atoms with Crippen molar-refractivity contribution in [3.05, 3.63) is 63.9 Å². The topological polar surface area (TPSA) is 82.5 Å². The molecule has 0 bridgehead atoms. The summed E-state index contributed by atoms with van der Waals surface area (Å²) in [5.74, 6) is -0.344. The van der Waals surface area contributed by atoms with Crippen LogP contribution >= 0.6 is 23.2 Å². The highest BCUT2D eigenvalue weighted by Gasteiger charge is 2.52. The second-order valence-corrected chi connectivity index (χ2v) is 7.17. The molecule has 0 aliphatic carbocycles. The number of halogens is 2. The van der Waals surface area contributed by atoms with Gasteiger partial charge in [0, 0.05) is 30.4 Å². The first kappa shape index (κ1) is 18.5. The van der Waals surface area contributed by atoms with Gasteiger partial charge in [-0.1, -0.05) is 29.3 Å². The molecule has 3 rings (SSSR count). The monoisotopic (exact) mass is 393 g/mol. The Hall–Kier alpha value is -2.31. The summed E-state index contributed by atoms with van der Waals surface area (Å²) in [6, 6.07) is 9.79. The van der Waals surface area contributed by atoms with Crippen LogP contribution in [0.25, 0.3) is 0 Å². The van der Waals surface area contributed by atoms with E-state index in [4.69, 9.17) is 23.2 Å². The molecular formula is C18H17Cl2N3O3. The number of pyridine rings is 1.